The Kier molecular flexibility index (Phi) is 7.44. The fourth-order valence-corrected chi connectivity index (χ4v) is 2.89. The van der Waals surface area contributed by atoms with Crippen molar-refractivity contribution in [1.82, 2.24) is 14.7 Å². The van der Waals surface area contributed by atoms with E-state index in [9.17, 15) is 14.4 Å². The van der Waals surface area contributed by atoms with Gasteiger partial charge in [-0.2, -0.15) is 0 Å². The first-order chi connectivity index (χ1) is 12.5. The van der Waals surface area contributed by atoms with Crippen LogP contribution in [0.5, 0.6) is 0 Å². The number of ether oxygens (including phenoxy) is 1. The van der Waals surface area contributed by atoms with Crippen molar-refractivity contribution in [2.45, 2.75) is 26.8 Å². The highest BCUT2D eigenvalue weighted by Gasteiger charge is 2.25. The Morgan fingerprint density at radius 2 is 1.65 bits per heavy atom. The summed E-state index contributed by atoms with van der Waals surface area (Å²) in [5.74, 6) is -0.0402. The molecule has 1 aromatic rings. The van der Waals surface area contributed by atoms with Gasteiger partial charge in [0, 0.05) is 52.6 Å². The lowest BCUT2D eigenvalue weighted by Crippen LogP contribution is -2.51. The summed E-state index contributed by atoms with van der Waals surface area (Å²) in [6.45, 7) is 6.48. The van der Waals surface area contributed by atoms with E-state index >= 15 is 0 Å². The molecule has 7 nitrogen and oxygen atoms in total. The fourth-order valence-electron chi connectivity index (χ4n) is 2.89. The van der Waals surface area contributed by atoms with E-state index in [0.717, 1.165) is 5.56 Å². The number of amides is 3. The van der Waals surface area contributed by atoms with Gasteiger partial charge >= 0.3 is 6.09 Å². The molecule has 0 spiro atoms. The van der Waals surface area contributed by atoms with E-state index in [1.807, 2.05) is 30.3 Å². The molecule has 142 valence electrons. The quantitative estimate of drug-likeness (QED) is 0.774. The summed E-state index contributed by atoms with van der Waals surface area (Å²) >= 11 is 0. The molecule has 26 heavy (non-hydrogen) atoms. The monoisotopic (exact) mass is 361 g/mol. The number of benzene rings is 1. The van der Waals surface area contributed by atoms with Gasteiger partial charge in [0.1, 0.15) is 0 Å². The number of carbonyl (C=O) groups is 3. The smallest absolute Gasteiger partial charge is 0.409 e. The van der Waals surface area contributed by atoms with Crippen LogP contribution in [0.3, 0.4) is 0 Å². The van der Waals surface area contributed by atoms with Crippen molar-refractivity contribution in [3.05, 3.63) is 35.9 Å². The first-order valence-corrected chi connectivity index (χ1v) is 9.00. The summed E-state index contributed by atoms with van der Waals surface area (Å²) < 4.78 is 4.98. The Morgan fingerprint density at radius 1 is 1.04 bits per heavy atom. The lowest BCUT2D eigenvalue weighted by atomic mass is 10.2. The van der Waals surface area contributed by atoms with Crippen LogP contribution in [-0.2, 0) is 20.9 Å². The zero-order valence-corrected chi connectivity index (χ0v) is 15.5. The minimum Gasteiger partial charge on any atom is -0.450 e. The molecule has 1 aliphatic heterocycles. The van der Waals surface area contributed by atoms with Gasteiger partial charge in [-0.15, -0.1) is 0 Å². The van der Waals surface area contributed by atoms with Gasteiger partial charge in [0.15, 0.2) is 0 Å². The van der Waals surface area contributed by atoms with Crippen LogP contribution < -0.4 is 0 Å². The van der Waals surface area contributed by atoms with E-state index < -0.39 is 0 Å². The largest absolute Gasteiger partial charge is 0.450 e. The molecule has 0 N–H and O–H groups in total. The van der Waals surface area contributed by atoms with Crippen molar-refractivity contribution in [2.24, 2.45) is 0 Å². The van der Waals surface area contributed by atoms with Crippen molar-refractivity contribution in [3.63, 3.8) is 0 Å². The molecule has 2 rings (SSSR count). The summed E-state index contributed by atoms with van der Waals surface area (Å²) in [5.41, 5.74) is 1.04. The van der Waals surface area contributed by atoms with E-state index in [2.05, 4.69) is 0 Å². The summed E-state index contributed by atoms with van der Waals surface area (Å²) in [5, 5.41) is 0. The Balaban J connectivity index is 1.79. The van der Waals surface area contributed by atoms with Crippen LogP contribution in [0.4, 0.5) is 4.79 Å². The summed E-state index contributed by atoms with van der Waals surface area (Å²) in [4.78, 5) is 41.0. The van der Waals surface area contributed by atoms with Gasteiger partial charge < -0.3 is 19.4 Å². The van der Waals surface area contributed by atoms with Crippen LogP contribution in [0.2, 0.25) is 0 Å². The maximum Gasteiger partial charge on any atom is 0.409 e. The second-order valence-corrected chi connectivity index (χ2v) is 6.24. The lowest BCUT2D eigenvalue weighted by molar-refractivity contribution is -0.134. The SMILES string of the molecule is CCOC(=O)N1CCN(C(=O)CCN(Cc2ccccc2)C(C)=O)CC1. The van der Waals surface area contributed by atoms with Crippen LogP contribution in [0.25, 0.3) is 0 Å². The summed E-state index contributed by atoms with van der Waals surface area (Å²) in [7, 11) is 0. The molecule has 0 saturated carbocycles. The van der Waals surface area contributed by atoms with Crippen molar-refractivity contribution in [2.75, 3.05) is 39.3 Å². The van der Waals surface area contributed by atoms with Crippen molar-refractivity contribution < 1.29 is 19.1 Å². The molecule has 0 aromatic heterocycles. The van der Waals surface area contributed by atoms with Crippen LogP contribution in [0, 0.1) is 0 Å². The first-order valence-electron chi connectivity index (χ1n) is 9.00. The molecule has 1 saturated heterocycles. The third-order valence-electron chi connectivity index (χ3n) is 4.42. The molecule has 3 amide bonds. The minimum atomic E-state index is -0.329. The number of piperazine rings is 1. The maximum atomic E-state index is 12.4. The van der Waals surface area contributed by atoms with Gasteiger partial charge in [-0.3, -0.25) is 9.59 Å². The van der Waals surface area contributed by atoms with Gasteiger partial charge in [0.2, 0.25) is 11.8 Å². The molecule has 7 heteroatoms. The predicted octanol–water partition coefficient (Wildman–Crippen LogP) is 1.73. The fraction of sp³-hybridized carbons (Fsp3) is 0.526. The number of nitrogens with zero attached hydrogens (tertiary/aromatic N) is 3. The van der Waals surface area contributed by atoms with Crippen molar-refractivity contribution in [1.29, 1.82) is 0 Å². The average Bonchev–Trinajstić information content (AvgIpc) is 2.65. The standard InChI is InChI=1S/C19H27N3O4/c1-3-26-19(25)21-13-11-20(12-14-21)18(24)9-10-22(16(2)23)15-17-7-5-4-6-8-17/h4-8H,3,9-15H2,1-2H3. The normalized spacial score (nSPS) is 14.1. The second kappa shape index (κ2) is 9.79. The Hall–Kier alpha value is -2.57. The molecule has 0 aliphatic carbocycles. The van der Waals surface area contributed by atoms with Crippen LogP contribution in [0.15, 0.2) is 30.3 Å². The van der Waals surface area contributed by atoms with Crippen LogP contribution >= 0.6 is 0 Å². The number of rotatable bonds is 6. The average molecular weight is 361 g/mol. The third-order valence-corrected chi connectivity index (χ3v) is 4.42. The van der Waals surface area contributed by atoms with E-state index in [1.165, 1.54) is 6.92 Å². The maximum absolute atomic E-state index is 12.4. The Morgan fingerprint density at radius 3 is 2.23 bits per heavy atom. The van der Waals surface area contributed by atoms with Crippen molar-refractivity contribution >= 4 is 17.9 Å². The molecular formula is C19H27N3O4. The summed E-state index contributed by atoms with van der Waals surface area (Å²) in [6, 6.07) is 9.73. The zero-order valence-electron chi connectivity index (χ0n) is 15.5. The minimum absolute atomic E-state index is 0.00724. The Bertz CT molecular complexity index is 612. The van der Waals surface area contributed by atoms with Crippen LogP contribution in [-0.4, -0.2) is 71.9 Å². The van der Waals surface area contributed by atoms with E-state index in [0.29, 0.717) is 45.9 Å². The molecule has 1 fully saturated rings. The van der Waals surface area contributed by atoms with Gasteiger partial charge in [0.05, 0.1) is 6.61 Å². The molecule has 1 aliphatic rings. The van der Waals surface area contributed by atoms with E-state index in [1.54, 1.807) is 21.6 Å². The Labute approximate surface area is 154 Å². The first kappa shape index (κ1) is 19.8. The van der Waals surface area contributed by atoms with Crippen molar-refractivity contribution in [3.8, 4) is 0 Å². The van der Waals surface area contributed by atoms with Gasteiger partial charge in [-0.05, 0) is 12.5 Å². The van der Waals surface area contributed by atoms with Gasteiger partial charge in [0.25, 0.3) is 0 Å². The highest BCUT2D eigenvalue weighted by Crippen LogP contribution is 2.09. The highest BCUT2D eigenvalue weighted by atomic mass is 16.6. The second-order valence-electron chi connectivity index (χ2n) is 6.24. The number of carbonyl (C=O) groups excluding carboxylic acids is 3. The van der Waals surface area contributed by atoms with Crippen LogP contribution in [0.1, 0.15) is 25.8 Å². The highest BCUT2D eigenvalue weighted by molar-refractivity contribution is 5.78. The molecule has 0 atom stereocenters. The number of hydrogen-bond donors (Lipinski definition) is 0. The lowest BCUT2D eigenvalue weighted by Gasteiger charge is -2.34. The molecule has 1 heterocycles. The molecule has 0 radical (unpaired) electrons. The topological polar surface area (TPSA) is 70.2 Å². The molecular weight excluding hydrogens is 334 g/mol. The van der Waals surface area contributed by atoms with E-state index in [4.69, 9.17) is 4.74 Å². The molecule has 1 aromatic carbocycles. The van der Waals surface area contributed by atoms with Gasteiger partial charge in [-0.25, -0.2) is 4.79 Å². The summed E-state index contributed by atoms with van der Waals surface area (Å²) in [6.07, 6.45) is -0.0450. The molecule has 0 bridgehead atoms. The van der Waals surface area contributed by atoms with Gasteiger partial charge in [-0.1, -0.05) is 30.3 Å². The van der Waals surface area contributed by atoms with E-state index in [-0.39, 0.29) is 24.3 Å². The number of hydrogen-bond acceptors (Lipinski definition) is 4. The third kappa shape index (κ3) is 5.75. The molecule has 0 unspecified atom stereocenters. The predicted molar refractivity (Wildman–Crippen MR) is 97.3 cm³/mol. The zero-order chi connectivity index (χ0) is 18.9.